The van der Waals surface area contributed by atoms with Gasteiger partial charge in [-0.2, -0.15) is 0 Å². The van der Waals surface area contributed by atoms with Gasteiger partial charge in [-0.1, -0.05) is 12.8 Å². The maximum atomic E-state index is 12.8. The number of pyridine rings is 1. The molecule has 0 atom stereocenters. The van der Waals surface area contributed by atoms with Crippen LogP contribution in [0.2, 0.25) is 0 Å². The lowest BCUT2D eigenvalue weighted by molar-refractivity contribution is 0.0438. The molecule has 0 radical (unpaired) electrons. The zero-order chi connectivity index (χ0) is 9.31. The molecule has 1 heterocycles. The van der Waals surface area contributed by atoms with E-state index in [0.29, 0.717) is 5.56 Å². The average molecular weight is 181 g/mol. The molecule has 13 heavy (non-hydrogen) atoms. The van der Waals surface area contributed by atoms with Gasteiger partial charge in [0.15, 0.2) is 0 Å². The van der Waals surface area contributed by atoms with Crippen molar-refractivity contribution in [3.8, 4) is 0 Å². The first-order valence-electron chi connectivity index (χ1n) is 4.54. The van der Waals surface area contributed by atoms with Crippen molar-refractivity contribution in [3.63, 3.8) is 0 Å². The molecule has 1 aromatic heterocycles. The van der Waals surface area contributed by atoms with Crippen molar-refractivity contribution in [2.24, 2.45) is 0 Å². The molecule has 1 fully saturated rings. The van der Waals surface area contributed by atoms with Crippen molar-refractivity contribution in [1.29, 1.82) is 0 Å². The summed E-state index contributed by atoms with van der Waals surface area (Å²) in [6, 6.07) is 1.37. The third-order valence-corrected chi connectivity index (χ3v) is 2.67. The summed E-state index contributed by atoms with van der Waals surface area (Å²) in [6.45, 7) is 0. The van der Waals surface area contributed by atoms with Gasteiger partial charge in [-0.05, 0) is 18.9 Å². The quantitative estimate of drug-likeness (QED) is 0.718. The highest BCUT2D eigenvalue weighted by Gasteiger charge is 2.33. The summed E-state index contributed by atoms with van der Waals surface area (Å²) in [4.78, 5) is 3.74. The standard InChI is InChI=1S/C10H12FNO/c11-9-5-8(6-12-7-9)10(13)3-1-2-4-10/h5-7,13H,1-4H2. The lowest BCUT2D eigenvalue weighted by Gasteiger charge is -2.21. The van der Waals surface area contributed by atoms with Crippen molar-refractivity contribution >= 4 is 0 Å². The number of aliphatic hydroxyl groups is 1. The second kappa shape index (κ2) is 3.07. The van der Waals surface area contributed by atoms with Crippen LogP contribution in [0, 0.1) is 5.82 Å². The van der Waals surface area contributed by atoms with Crippen LogP contribution in [0.4, 0.5) is 4.39 Å². The molecular formula is C10H12FNO. The molecule has 1 aliphatic rings. The number of nitrogens with zero attached hydrogens (tertiary/aromatic N) is 1. The van der Waals surface area contributed by atoms with Crippen LogP contribution < -0.4 is 0 Å². The van der Waals surface area contributed by atoms with E-state index < -0.39 is 5.60 Å². The van der Waals surface area contributed by atoms with Crippen molar-refractivity contribution in [3.05, 3.63) is 29.8 Å². The van der Waals surface area contributed by atoms with Gasteiger partial charge in [-0.25, -0.2) is 4.39 Å². The van der Waals surface area contributed by atoms with Gasteiger partial charge in [0.25, 0.3) is 0 Å². The molecule has 0 unspecified atom stereocenters. The van der Waals surface area contributed by atoms with Gasteiger partial charge in [0.1, 0.15) is 5.82 Å². The monoisotopic (exact) mass is 181 g/mol. The Morgan fingerprint density at radius 3 is 2.62 bits per heavy atom. The van der Waals surface area contributed by atoms with Gasteiger partial charge in [-0.3, -0.25) is 4.98 Å². The van der Waals surface area contributed by atoms with E-state index in [1.807, 2.05) is 0 Å². The Labute approximate surface area is 76.4 Å². The lowest BCUT2D eigenvalue weighted by atomic mass is 9.94. The minimum absolute atomic E-state index is 0.377. The highest BCUT2D eigenvalue weighted by molar-refractivity contribution is 5.19. The summed E-state index contributed by atoms with van der Waals surface area (Å²) in [5.74, 6) is -0.377. The molecule has 2 nitrogen and oxygen atoms in total. The minimum atomic E-state index is -0.824. The molecular weight excluding hydrogens is 169 g/mol. The fourth-order valence-electron chi connectivity index (χ4n) is 1.91. The van der Waals surface area contributed by atoms with E-state index in [0.717, 1.165) is 31.9 Å². The predicted molar refractivity (Wildman–Crippen MR) is 46.6 cm³/mol. The molecule has 0 amide bonds. The SMILES string of the molecule is OC1(c2cncc(F)c2)CCCC1. The van der Waals surface area contributed by atoms with Crippen LogP contribution in [0.15, 0.2) is 18.5 Å². The Morgan fingerprint density at radius 1 is 1.31 bits per heavy atom. The molecule has 0 aliphatic heterocycles. The zero-order valence-corrected chi connectivity index (χ0v) is 7.33. The van der Waals surface area contributed by atoms with E-state index in [2.05, 4.69) is 4.98 Å². The summed E-state index contributed by atoms with van der Waals surface area (Å²) < 4.78 is 12.8. The van der Waals surface area contributed by atoms with Crippen LogP contribution in [-0.4, -0.2) is 10.1 Å². The minimum Gasteiger partial charge on any atom is -0.385 e. The Bertz CT molecular complexity index is 308. The molecule has 1 aliphatic carbocycles. The number of hydrogen-bond acceptors (Lipinski definition) is 2. The largest absolute Gasteiger partial charge is 0.385 e. The Morgan fingerprint density at radius 2 is 2.00 bits per heavy atom. The van der Waals surface area contributed by atoms with Gasteiger partial charge in [0.05, 0.1) is 11.8 Å². The molecule has 0 bridgehead atoms. The van der Waals surface area contributed by atoms with E-state index in [1.54, 1.807) is 6.20 Å². The van der Waals surface area contributed by atoms with E-state index in [1.165, 1.54) is 6.07 Å². The van der Waals surface area contributed by atoms with Gasteiger partial charge in [-0.15, -0.1) is 0 Å². The number of aromatic nitrogens is 1. The highest BCUT2D eigenvalue weighted by Crippen LogP contribution is 2.38. The second-order valence-corrected chi connectivity index (χ2v) is 3.63. The molecule has 0 saturated heterocycles. The normalized spacial score (nSPS) is 20.5. The average Bonchev–Trinajstić information content (AvgIpc) is 2.54. The molecule has 70 valence electrons. The smallest absolute Gasteiger partial charge is 0.141 e. The lowest BCUT2D eigenvalue weighted by Crippen LogP contribution is -2.21. The first-order chi connectivity index (χ1) is 6.21. The van der Waals surface area contributed by atoms with Crippen LogP contribution in [0.25, 0.3) is 0 Å². The van der Waals surface area contributed by atoms with Gasteiger partial charge in [0.2, 0.25) is 0 Å². The maximum Gasteiger partial charge on any atom is 0.141 e. The van der Waals surface area contributed by atoms with Gasteiger partial charge >= 0.3 is 0 Å². The first kappa shape index (κ1) is 8.63. The first-order valence-corrected chi connectivity index (χ1v) is 4.54. The van der Waals surface area contributed by atoms with Crippen molar-refractivity contribution in [2.45, 2.75) is 31.3 Å². The zero-order valence-electron chi connectivity index (χ0n) is 7.33. The predicted octanol–water partition coefficient (Wildman–Crippen LogP) is 1.98. The van der Waals surface area contributed by atoms with Crippen molar-refractivity contribution in [1.82, 2.24) is 4.98 Å². The summed E-state index contributed by atoms with van der Waals surface area (Å²) in [7, 11) is 0. The number of halogens is 1. The van der Waals surface area contributed by atoms with Gasteiger partial charge < -0.3 is 5.11 Å². The Kier molecular flexibility index (Phi) is 2.04. The Balaban J connectivity index is 2.33. The highest BCUT2D eigenvalue weighted by atomic mass is 19.1. The number of rotatable bonds is 1. The fraction of sp³-hybridized carbons (Fsp3) is 0.500. The topological polar surface area (TPSA) is 33.1 Å². The fourth-order valence-corrected chi connectivity index (χ4v) is 1.91. The molecule has 1 saturated carbocycles. The van der Waals surface area contributed by atoms with E-state index in [9.17, 15) is 9.50 Å². The van der Waals surface area contributed by atoms with Crippen LogP contribution in [0.5, 0.6) is 0 Å². The number of hydrogen-bond donors (Lipinski definition) is 1. The van der Waals surface area contributed by atoms with Crippen LogP contribution >= 0.6 is 0 Å². The maximum absolute atomic E-state index is 12.8. The summed E-state index contributed by atoms with van der Waals surface area (Å²) >= 11 is 0. The van der Waals surface area contributed by atoms with Crippen molar-refractivity contribution < 1.29 is 9.50 Å². The van der Waals surface area contributed by atoms with E-state index in [-0.39, 0.29) is 5.82 Å². The summed E-state index contributed by atoms with van der Waals surface area (Å²) in [6.07, 6.45) is 6.16. The molecule has 3 heteroatoms. The van der Waals surface area contributed by atoms with Gasteiger partial charge in [0, 0.05) is 11.8 Å². The van der Waals surface area contributed by atoms with Crippen LogP contribution in [-0.2, 0) is 5.60 Å². The summed E-state index contributed by atoms with van der Waals surface area (Å²) in [5, 5.41) is 10.1. The molecule has 1 aromatic rings. The molecule has 2 rings (SSSR count). The van der Waals surface area contributed by atoms with Crippen LogP contribution in [0.3, 0.4) is 0 Å². The molecule has 0 aromatic carbocycles. The third-order valence-electron chi connectivity index (χ3n) is 2.67. The van der Waals surface area contributed by atoms with Crippen molar-refractivity contribution in [2.75, 3.05) is 0 Å². The second-order valence-electron chi connectivity index (χ2n) is 3.63. The Hall–Kier alpha value is -0.960. The van der Waals surface area contributed by atoms with Crippen LogP contribution in [0.1, 0.15) is 31.2 Å². The molecule has 0 spiro atoms. The third kappa shape index (κ3) is 1.56. The van der Waals surface area contributed by atoms with E-state index >= 15 is 0 Å². The van der Waals surface area contributed by atoms with E-state index in [4.69, 9.17) is 0 Å². The summed E-state index contributed by atoms with van der Waals surface area (Å²) in [5.41, 5.74) is -0.209. The molecule has 1 N–H and O–H groups in total.